The molecule has 3 heteroatoms. The van der Waals surface area contributed by atoms with Crippen LogP contribution in [0.15, 0.2) is 0 Å². The summed E-state index contributed by atoms with van der Waals surface area (Å²) in [4.78, 5) is 11.4. The minimum Gasteiger partial charge on any atom is -0.466 e. The van der Waals surface area contributed by atoms with Crippen molar-refractivity contribution in [3.05, 3.63) is 0 Å². The number of ether oxygens (including phenoxy) is 1. The topological polar surface area (TPSA) is 38.3 Å². The maximum absolute atomic E-state index is 11.4. The maximum atomic E-state index is 11.4. The minimum atomic E-state index is 0.0188. The molecule has 3 nitrogen and oxygen atoms in total. The molecule has 1 N–H and O–H groups in total. The van der Waals surface area contributed by atoms with Gasteiger partial charge in [0.05, 0.1) is 12.5 Å². The number of hydrogen-bond donors (Lipinski definition) is 1. The first kappa shape index (κ1) is 8.05. The standard InChI is InChI=1S/C9H15NO2/c1-2-12-8(11)7-3-4-9(7)5-10-6-9/h7,10H,2-6H2,1H3. The van der Waals surface area contributed by atoms with Crippen molar-refractivity contribution < 1.29 is 9.53 Å². The van der Waals surface area contributed by atoms with Gasteiger partial charge in [-0.1, -0.05) is 0 Å². The van der Waals surface area contributed by atoms with Gasteiger partial charge in [0.2, 0.25) is 0 Å². The number of carbonyl (C=O) groups is 1. The molecule has 1 aliphatic heterocycles. The molecule has 1 unspecified atom stereocenters. The lowest BCUT2D eigenvalue weighted by atomic mass is 9.56. The zero-order valence-electron chi connectivity index (χ0n) is 7.43. The van der Waals surface area contributed by atoms with Crippen molar-refractivity contribution in [1.29, 1.82) is 0 Å². The van der Waals surface area contributed by atoms with Crippen LogP contribution in [-0.4, -0.2) is 25.7 Å². The second-order valence-corrected chi connectivity index (χ2v) is 3.81. The summed E-state index contributed by atoms with van der Waals surface area (Å²) >= 11 is 0. The van der Waals surface area contributed by atoms with Gasteiger partial charge in [-0.25, -0.2) is 0 Å². The fourth-order valence-corrected chi connectivity index (χ4v) is 2.18. The van der Waals surface area contributed by atoms with Crippen LogP contribution in [0.4, 0.5) is 0 Å². The first-order chi connectivity index (χ1) is 5.78. The molecule has 2 rings (SSSR count). The van der Waals surface area contributed by atoms with Crippen LogP contribution in [0.1, 0.15) is 19.8 Å². The predicted molar refractivity (Wildman–Crippen MR) is 44.7 cm³/mol. The summed E-state index contributed by atoms with van der Waals surface area (Å²) in [7, 11) is 0. The highest BCUT2D eigenvalue weighted by molar-refractivity contribution is 5.75. The SMILES string of the molecule is CCOC(=O)C1CCC12CNC2. The Hall–Kier alpha value is -0.570. The van der Waals surface area contributed by atoms with Gasteiger partial charge in [-0.3, -0.25) is 4.79 Å². The number of rotatable bonds is 2. The Kier molecular flexibility index (Phi) is 1.83. The molecule has 68 valence electrons. The Morgan fingerprint density at radius 2 is 2.42 bits per heavy atom. The van der Waals surface area contributed by atoms with Crippen LogP contribution < -0.4 is 5.32 Å². The molecule has 2 aliphatic rings. The van der Waals surface area contributed by atoms with E-state index in [1.54, 1.807) is 0 Å². The third kappa shape index (κ3) is 0.959. The summed E-state index contributed by atoms with van der Waals surface area (Å²) in [5, 5.41) is 3.22. The van der Waals surface area contributed by atoms with Crippen LogP contribution in [0.25, 0.3) is 0 Å². The number of carbonyl (C=O) groups excluding carboxylic acids is 1. The molecule has 0 amide bonds. The molecule has 0 bridgehead atoms. The van der Waals surface area contributed by atoms with Crippen LogP contribution in [-0.2, 0) is 9.53 Å². The average Bonchev–Trinajstić information content (AvgIpc) is 1.81. The summed E-state index contributed by atoms with van der Waals surface area (Å²) < 4.78 is 5.01. The van der Waals surface area contributed by atoms with E-state index in [2.05, 4.69) is 5.32 Å². The van der Waals surface area contributed by atoms with Gasteiger partial charge in [0.15, 0.2) is 0 Å². The number of nitrogens with one attached hydrogen (secondary N) is 1. The summed E-state index contributed by atoms with van der Waals surface area (Å²) in [5.41, 5.74) is 0.298. The zero-order chi connectivity index (χ0) is 8.60. The molecular weight excluding hydrogens is 154 g/mol. The van der Waals surface area contributed by atoms with Crippen molar-refractivity contribution in [3.8, 4) is 0 Å². The number of hydrogen-bond acceptors (Lipinski definition) is 3. The molecule has 1 saturated carbocycles. The lowest BCUT2D eigenvalue weighted by Crippen LogP contribution is -2.64. The Morgan fingerprint density at radius 1 is 1.67 bits per heavy atom. The van der Waals surface area contributed by atoms with E-state index in [1.165, 1.54) is 6.42 Å². The predicted octanol–water partition coefficient (Wildman–Crippen LogP) is 0.549. The fourth-order valence-electron chi connectivity index (χ4n) is 2.18. The largest absolute Gasteiger partial charge is 0.466 e. The van der Waals surface area contributed by atoms with Crippen LogP contribution in [0.2, 0.25) is 0 Å². The second-order valence-electron chi connectivity index (χ2n) is 3.81. The number of esters is 1. The maximum Gasteiger partial charge on any atom is 0.309 e. The van der Waals surface area contributed by atoms with Crippen LogP contribution in [0.5, 0.6) is 0 Å². The van der Waals surface area contributed by atoms with Crippen LogP contribution >= 0.6 is 0 Å². The Balaban J connectivity index is 1.92. The van der Waals surface area contributed by atoms with E-state index < -0.39 is 0 Å². The third-order valence-corrected chi connectivity index (χ3v) is 3.20. The van der Waals surface area contributed by atoms with Crippen molar-refractivity contribution in [3.63, 3.8) is 0 Å². The van der Waals surface area contributed by atoms with Gasteiger partial charge in [-0.05, 0) is 19.8 Å². The lowest BCUT2D eigenvalue weighted by molar-refractivity contribution is -0.164. The van der Waals surface area contributed by atoms with Gasteiger partial charge in [-0.2, -0.15) is 0 Å². The van der Waals surface area contributed by atoms with Gasteiger partial charge in [0.25, 0.3) is 0 Å². The van der Waals surface area contributed by atoms with Crippen molar-refractivity contribution in [1.82, 2.24) is 5.32 Å². The second kappa shape index (κ2) is 2.73. The van der Waals surface area contributed by atoms with Crippen molar-refractivity contribution in [2.24, 2.45) is 11.3 Å². The molecule has 1 spiro atoms. The van der Waals surface area contributed by atoms with E-state index >= 15 is 0 Å². The molecule has 0 radical (unpaired) electrons. The van der Waals surface area contributed by atoms with E-state index in [-0.39, 0.29) is 11.9 Å². The fraction of sp³-hybridized carbons (Fsp3) is 0.889. The third-order valence-electron chi connectivity index (χ3n) is 3.20. The molecule has 0 aromatic rings. The van der Waals surface area contributed by atoms with Crippen LogP contribution in [0.3, 0.4) is 0 Å². The normalized spacial score (nSPS) is 30.6. The minimum absolute atomic E-state index is 0.0188. The van der Waals surface area contributed by atoms with Crippen molar-refractivity contribution in [2.75, 3.05) is 19.7 Å². The van der Waals surface area contributed by atoms with Crippen molar-refractivity contribution in [2.45, 2.75) is 19.8 Å². The smallest absolute Gasteiger partial charge is 0.309 e. The summed E-state index contributed by atoms with van der Waals surface area (Å²) in [5.74, 6) is 0.212. The Morgan fingerprint density at radius 3 is 2.75 bits per heavy atom. The summed E-state index contributed by atoms with van der Waals surface area (Å²) in [6.07, 6.45) is 2.23. The Bertz CT molecular complexity index is 193. The van der Waals surface area contributed by atoms with Gasteiger partial charge < -0.3 is 10.1 Å². The van der Waals surface area contributed by atoms with E-state index in [0.717, 1.165) is 19.5 Å². The highest BCUT2D eigenvalue weighted by atomic mass is 16.5. The highest BCUT2D eigenvalue weighted by Crippen LogP contribution is 2.49. The quantitative estimate of drug-likeness (QED) is 0.613. The van der Waals surface area contributed by atoms with Gasteiger partial charge in [0.1, 0.15) is 0 Å². The molecule has 0 aromatic heterocycles. The molecule has 1 saturated heterocycles. The van der Waals surface area contributed by atoms with Gasteiger partial charge >= 0.3 is 5.97 Å². The zero-order valence-corrected chi connectivity index (χ0v) is 7.43. The summed E-state index contributed by atoms with van der Waals surface area (Å²) in [6.45, 7) is 4.40. The first-order valence-electron chi connectivity index (χ1n) is 4.66. The average molecular weight is 169 g/mol. The van der Waals surface area contributed by atoms with E-state index in [0.29, 0.717) is 12.0 Å². The molecular formula is C9H15NO2. The van der Waals surface area contributed by atoms with E-state index in [1.807, 2.05) is 6.92 Å². The Labute approximate surface area is 72.5 Å². The molecule has 2 fully saturated rings. The van der Waals surface area contributed by atoms with Crippen molar-refractivity contribution >= 4 is 5.97 Å². The molecule has 1 atom stereocenters. The van der Waals surface area contributed by atoms with E-state index in [9.17, 15) is 4.79 Å². The monoisotopic (exact) mass is 169 g/mol. The van der Waals surface area contributed by atoms with Gasteiger partial charge in [-0.15, -0.1) is 0 Å². The first-order valence-corrected chi connectivity index (χ1v) is 4.66. The molecule has 12 heavy (non-hydrogen) atoms. The highest BCUT2D eigenvalue weighted by Gasteiger charge is 2.54. The molecule has 1 heterocycles. The molecule has 0 aromatic carbocycles. The van der Waals surface area contributed by atoms with Crippen LogP contribution in [0, 0.1) is 11.3 Å². The van der Waals surface area contributed by atoms with E-state index in [4.69, 9.17) is 4.74 Å². The lowest BCUT2D eigenvalue weighted by Gasteiger charge is -2.54. The summed E-state index contributed by atoms with van der Waals surface area (Å²) in [6, 6.07) is 0. The van der Waals surface area contributed by atoms with Gasteiger partial charge in [0, 0.05) is 18.5 Å². The molecule has 1 aliphatic carbocycles.